The number of nitrogens with two attached hydrogens (primary N) is 2. The molecule has 0 aromatic heterocycles. The highest BCUT2D eigenvalue weighted by molar-refractivity contribution is 6.33. The number of hydrogen-bond acceptors (Lipinski definition) is 4. The summed E-state index contributed by atoms with van der Waals surface area (Å²) in [4.78, 5) is 0. The van der Waals surface area contributed by atoms with E-state index >= 15 is 0 Å². The minimum atomic E-state index is 0.486. The Hall–Kier alpha value is -2.07. The lowest BCUT2D eigenvalue weighted by Gasteiger charge is -2.04. The first-order valence-corrected chi connectivity index (χ1v) is 6.18. The van der Waals surface area contributed by atoms with Crippen molar-refractivity contribution >= 4 is 34.4 Å². The van der Waals surface area contributed by atoms with Crippen LogP contribution < -0.4 is 11.5 Å². The van der Waals surface area contributed by atoms with Gasteiger partial charge in [0.15, 0.2) is 0 Å². The lowest BCUT2D eigenvalue weighted by molar-refractivity contribution is 1.21. The van der Waals surface area contributed by atoms with E-state index in [9.17, 15) is 0 Å². The van der Waals surface area contributed by atoms with Gasteiger partial charge in [0.25, 0.3) is 0 Å². The van der Waals surface area contributed by atoms with E-state index in [0.717, 1.165) is 16.8 Å². The molecule has 2 aromatic carbocycles. The topological polar surface area (TPSA) is 76.8 Å². The van der Waals surface area contributed by atoms with Crippen LogP contribution in [0.3, 0.4) is 0 Å². The summed E-state index contributed by atoms with van der Waals surface area (Å²) in [5, 5.41) is 8.84. The maximum atomic E-state index is 6.08. The minimum Gasteiger partial charge on any atom is -0.399 e. The zero-order chi connectivity index (χ0) is 14.0. The molecule has 0 fully saturated rings. The molecule has 2 aromatic rings. The molecule has 0 amide bonds. The molecule has 0 unspecified atom stereocenters. The first-order valence-electron chi connectivity index (χ1n) is 5.81. The smallest absolute Gasteiger partial charge is 0.105 e. The Morgan fingerprint density at radius 1 is 0.895 bits per heavy atom. The molecule has 4 N–H and O–H groups in total. The van der Waals surface area contributed by atoms with Crippen LogP contribution in [0.2, 0.25) is 5.02 Å². The molecule has 0 aliphatic rings. The molecule has 0 atom stereocenters. The summed E-state index contributed by atoms with van der Waals surface area (Å²) >= 11 is 6.08. The molecule has 2 rings (SSSR count). The molecule has 0 spiro atoms. The van der Waals surface area contributed by atoms with Crippen LogP contribution in [0.5, 0.6) is 0 Å². The average Bonchev–Trinajstić information content (AvgIpc) is 2.34. The number of benzene rings is 2. The minimum absolute atomic E-state index is 0.486. The van der Waals surface area contributed by atoms with Crippen molar-refractivity contribution in [3.05, 3.63) is 46.5 Å². The largest absolute Gasteiger partial charge is 0.399 e. The van der Waals surface area contributed by atoms with E-state index in [-0.39, 0.29) is 0 Å². The molecule has 0 heterocycles. The van der Waals surface area contributed by atoms with Gasteiger partial charge in [0.05, 0.1) is 10.7 Å². The van der Waals surface area contributed by atoms with Gasteiger partial charge in [0, 0.05) is 11.4 Å². The van der Waals surface area contributed by atoms with Crippen LogP contribution in [0.4, 0.5) is 22.7 Å². The van der Waals surface area contributed by atoms with Crippen molar-refractivity contribution < 1.29 is 0 Å². The molecule has 0 aliphatic carbocycles. The second-order valence-corrected chi connectivity index (χ2v) is 4.81. The van der Waals surface area contributed by atoms with Crippen molar-refractivity contribution in [3.63, 3.8) is 0 Å². The fraction of sp³-hybridized carbons (Fsp3) is 0.143. The van der Waals surface area contributed by atoms with Crippen molar-refractivity contribution in [2.24, 2.45) is 10.2 Å². The van der Waals surface area contributed by atoms with Gasteiger partial charge in [0.2, 0.25) is 0 Å². The summed E-state index contributed by atoms with van der Waals surface area (Å²) < 4.78 is 0. The maximum Gasteiger partial charge on any atom is 0.105 e. The monoisotopic (exact) mass is 274 g/mol. The number of anilines is 2. The van der Waals surface area contributed by atoms with Crippen LogP contribution in [0.1, 0.15) is 11.1 Å². The van der Waals surface area contributed by atoms with E-state index in [1.165, 1.54) is 0 Å². The quantitative estimate of drug-likeness (QED) is 0.623. The van der Waals surface area contributed by atoms with Gasteiger partial charge in [-0.15, -0.1) is 5.11 Å². The summed E-state index contributed by atoms with van der Waals surface area (Å²) in [7, 11) is 0. The second kappa shape index (κ2) is 5.28. The van der Waals surface area contributed by atoms with Crippen LogP contribution in [0, 0.1) is 13.8 Å². The Balaban J connectivity index is 2.35. The SMILES string of the molecule is Cc1cc(N=Nc2ccc(N)cc2C)c(Cl)cc1N. The Labute approximate surface area is 117 Å². The van der Waals surface area contributed by atoms with Gasteiger partial charge < -0.3 is 11.5 Å². The van der Waals surface area contributed by atoms with E-state index in [0.29, 0.717) is 22.1 Å². The van der Waals surface area contributed by atoms with Gasteiger partial charge in [-0.2, -0.15) is 5.11 Å². The van der Waals surface area contributed by atoms with Crippen molar-refractivity contribution in [1.82, 2.24) is 0 Å². The lowest BCUT2D eigenvalue weighted by atomic mass is 10.2. The summed E-state index contributed by atoms with van der Waals surface area (Å²) in [6, 6.07) is 8.96. The number of hydrogen-bond donors (Lipinski definition) is 2. The predicted octanol–water partition coefficient (Wildman–Crippen LogP) is 4.54. The molecule has 0 saturated carbocycles. The molecular weight excluding hydrogens is 260 g/mol. The van der Waals surface area contributed by atoms with Crippen LogP contribution in [0.15, 0.2) is 40.6 Å². The molecule has 0 radical (unpaired) electrons. The zero-order valence-electron chi connectivity index (χ0n) is 10.8. The molecule has 5 heteroatoms. The normalized spacial score (nSPS) is 11.1. The molecule has 0 aliphatic heterocycles. The summed E-state index contributed by atoms with van der Waals surface area (Å²) in [6.45, 7) is 3.83. The van der Waals surface area contributed by atoms with Gasteiger partial charge >= 0.3 is 0 Å². The number of azo groups is 1. The first kappa shape index (κ1) is 13.4. The van der Waals surface area contributed by atoms with E-state index in [4.69, 9.17) is 23.1 Å². The number of aryl methyl sites for hydroxylation is 2. The van der Waals surface area contributed by atoms with Crippen molar-refractivity contribution in [2.75, 3.05) is 11.5 Å². The van der Waals surface area contributed by atoms with Gasteiger partial charge in [0.1, 0.15) is 5.69 Å². The fourth-order valence-electron chi connectivity index (χ4n) is 1.66. The molecule has 0 bridgehead atoms. The number of nitrogen functional groups attached to an aromatic ring is 2. The van der Waals surface area contributed by atoms with Gasteiger partial charge in [-0.25, -0.2) is 0 Å². The van der Waals surface area contributed by atoms with Crippen molar-refractivity contribution in [1.29, 1.82) is 0 Å². The Morgan fingerprint density at radius 2 is 1.58 bits per heavy atom. The summed E-state index contributed by atoms with van der Waals surface area (Å²) in [6.07, 6.45) is 0. The van der Waals surface area contributed by atoms with Crippen LogP contribution in [0.25, 0.3) is 0 Å². The Bertz CT molecular complexity index is 650. The Kier molecular flexibility index (Phi) is 3.71. The number of rotatable bonds is 2. The first-order chi connectivity index (χ1) is 8.97. The zero-order valence-corrected chi connectivity index (χ0v) is 11.6. The second-order valence-electron chi connectivity index (χ2n) is 4.41. The van der Waals surface area contributed by atoms with Gasteiger partial charge in [-0.05, 0) is 55.3 Å². The third-order valence-corrected chi connectivity index (χ3v) is 3.12. The highest BCUT2D eigenvalue weighted by Crippen LogP contribution is 2.31. The molecule has 4 nitrogen and oxygen atoms in total. The number of halogens is 1. The van der Waals surface area contributed by atoms with Crippen molar-refractivity contribution in [2.45, 2.75) is 13.8 Å². The standard InChI is InChI=1S/C14H15ClN4/c1-8-6-14(11(15)7-12(8)17)19-18-13-4-3-10(16)5-9(13)2/h3-7H,16-17H2,1-2H3. The predicted molar refractivity (Wildman–Crippen MR) is 80.4 cm³/mol. The molecular formula is C14H15ClN4. The molecule has 98 valence electrons. The maximum absolute atomic E-state index is 6.08. The van der Waals surface area contributed by atoms with E-state index in [1.807, 2.05) is 32.0 Å². The van der Waals surface area contributed by atoms with E-state index in [1.54, 1.807) is 12.1 Å². The van der Waals surface area contributed by atoms with E-state index < -0.39 is 0 Å². The number of nitrogens with zero attached hydrogens (tertiary/aromatic N) is 2. The third-order valence-electron chi connectivity index (χ3n) is 2.82. The van der Waals surface area contributed by atoms with Gasteiger partial charge in [-0.1, -0.05) is 11.6 Å². The molecule has 0 saturated heterocycles. The summed E-state index contributed by atoms with van der Waals surface area (Å²) in [5.74, 6) is 0. The third kappa shape index (κ3) is 3.03. The summed E-state index contributed by atoms with van der Waals surface area (Å²) in [5.41, 5.74) is 16.1. The van der Waals surface area contributed by atoms with Gasteiger partial charge in [-0.3, -0.25) is 0 Å². The average molecular weight is 275 g/mol. The van der Waals surface area contributed by atoms with Crippen LogP contribution in [-0.4, -0.2) is 0 Å². The van der Waals surface area contributed by atoms with E-state index in [2.05, 4.69) is 10.2 Å². The van der Waals surface area contributed by atoms with Crippen LogP contribution >= 0.6 is 11.6 Å². The highest BCUT2D eigenvalue weighted by atomic mass is 35.5. The van der Waals surface area contributed by atoms with Crippen molar-refractivity contribution in [3.8, 4) is 0 Å². The Morgan fingerprint density at radius 3 is 2.26 bits per heavy atom. The highest BCUT2D eigenvalue weighted by Gasteiger charge is 2.03. The molecule has 19 heavy (non-hydrogen) atoms. The fourth-order valence-corrected chi connectivity index (χ4v) is 1.87. The van der Waals surface area contributed by atoms with Crippen LogP contribution in [-0.2, 0) is 0 Å². The lowest BCUT2D eigenvalue weighted by Crippen LogP contribution is -1.88.